The smallest absolute Gasteiger partial charge is 0.211 e. The molecule has 184 valence electrons. The Morgan fingerprint density at radius 3 is 2.71 bits per heavy atom. The van der Waals surface area contributed by atoms with Crippen LogP contribution in [0.25, 0.3) is 6.20 Å². The Hall–Kier alpha value is -1.58. The second-order valence-corrected chi connectivity index (χ2v) is 12.5. The van der Waals surface area contributed by atoms with E-state index in [0.29, 0.717) is 23.1 Å². The van der Waals surface area contributed by atoms with Crippen molar-refractivity contribution in [2.45, 2.75) is 30.8 Å². The first-order chi connectivity index (χ1) is 15.9. The van der Waals surface area contributed by atoms with Crippen molar-refractivity contribution in [3.63, 3.8) is 0 Å². The highest BCUT2D eigenvalue weighted by atomic mass is 35.5. The van der Waals surface area contributed by atoms with Crippen LogP contribution in [-0.4, -0.2) is 47.4 Å². The minimum absolute atomic E-state index is 0.235. The van der Waals surface area contributed by atoms with Crippen molar-refractivity contribution in [2.24, 2.45) is 5.92 Å². The molecule has 1 aromatic carbocycles. The molecule has 3 rings (SSSR count). The second-order valence-electron chi connectivity index (χ2n) is 8.73. The first kappa shape index (κ1) is 27.0. The molecule has 0 aliphatic carbocycles. The van der Waals surface area contributed by atoms with Crippen LogP contribution in [0.5, 0.6) is 0 Å². The summed E-state index contributed by atoms with van der Waals surface area (Å²) < 4.78 is 40.7. The number of imidazole rings is 1. The third-order valence-corrected chi connectivity index (χ3v) is 9.10. The number of halogens is 3. The van der Waals surface area contributed by atoms with E-state index < -0.39 is 21.3 Å². The molecule has 34 heavy (non-hydrogen) atoms. The fraction of sp³-hybridized carbons (Fsp3) is 0.375. The number of nitrogens with zero attached hydrogens (tertiary/aromatic N) is 3. The van der Waals surface area contributed by atoms with Crippen molar-refractivity contribution in [3.05, 3.63) is 76.3 Å². The summed E-state index contributed by atoms with van der Waals surface area (Å²) in [6.07, 6.45) is 9.71. The Morgan fingerprint density at radius 2 is 2.09 bits per heavy atom. The van der Waals surface area contributed by atoms with E-state index in [-0.39, 0.29) is 5.92 Å². The van der Waals surface area contributed by atoms with Crippen molar-refractivity contribution >= 4 is 51.2 Å². The van der Waals surface area contributed by atoms with Gasteiger partial charge in [0.15, 0.2) is 5.16 Å². The summed E-state index contributed by atoms with van der Waals surface area (Å²) in [5.74, 6) is 0.515. The van der Waals surface area contributed by atoms with Gasteiger partial charge in [0, 0.05) is 30.5 Å². The number of hydrogen-bond acceptors (Lipinski definition) is 4. The molecule has 0 spiro atoms. The molecule has 1 atom stereocenters. The topological polar surface area (TPSA) is 55.2 Å². The number of thioether (sulfide) groups is 1. The van der Waals surface area contributed by atoms with Crippen LogP contribution in [0.3, 0.4) is 0 Å². The van der Waals surface area contributed by atoms with Crippen molar-refractivity contribution in [3.8, 4) is 0 Å². The van der Waals surface area contributed by atoms with Crippen LogP contribution in [0.15, 0.2) is 60.2 Å². The molecule has 0 N–H and O–H groups in total. The molecule has 1 aliphatic heterocycles. The first-order valence-corrected chi connectivity index (χ1v) is 14.3. The van der Waals surface area contributed by atoms with Crippen molar-refractivity contribution in [2.75, 3.05) is 25.1 Å². The molecule has 10 heteroatoms. The SMILES string of the molecule is C=C/C(F)=C\C=C\n1c(C(C)(C)c2ccc(Cl)c(Cl)c2)cnc1SCC1CCN(S(C)(=O)=O)C1. The van der Waals surface area contributed by atoms with Gasteiger partial charge in [0.25, 0.3) is 0 Å². The number of aromatic nitrogens is 2. The minimum Gasteiger partial charge on any atom is -0.298 e. The highest BCUT2D eigenvalue weighted by Crippen LogP contribution is 2.37. The summed E-state index contributed by atoms with van der Waals surface area (Å²) in [7, 11) is -3.18. The first-order valence-electron chi connectivity index (χ1n) is 10.7. The van der Waals surface area contributed by atoms with Crippen molar-refractivity contribution in [1.82, 2.24) is 13.9 Å². The molecule has 0 amide bonds. The van der Waals surface area contributed by atoms with Crippen LogP contribution in [0.1, 0.15) is 31.5 Å². The van der Waals surface area contributed by atoms with E-state index >= 15 is 0 Å². The molecule has 1 saturated heterocycles. The second kappa shape index (κ2) is 11.0. The molecule has 2 aromatic rings. The number of allylic oxidation sites excluding steroid dienone is 4. The Labute approximate surface area is 215 Å². The van der Waals surface area contributed by atoms with Gasteiger partial charge in [-0.05, 0) is 48.3 Å². The summed E-state index contributed by atoms with van der Waals surface area (Å²) in [6, 6.07) is 5.54. The number of benzene rings is 1. The van der Waals surface area contributed by atoms with Crippen LogP contribution in [0, 0.1) is 5.92 Å². The third kappa shape index (κ3) is 6.34. The van der Waals surface area contributed by atoms with Crippen LogP contribution in [0.2, 0.25) is 10.0 Å². The van der Waals surface area contributed by atoms with Gasteiger partial charge in [-0.25, -0.2) is 22.1 Å². The van der Waals surface area contributed by atoms with Crippen LogP contribution >= 0.6 is 35.0 Å². The Balaban J connectivity index is 1.91. The Kier molecular flexibility index (Phi) is 8.74. The average molecular weight is 545 g/mol. The third-order valence-electron chi connectivity index (χ3n) is 5.90. The zero-order chi connectivity index (χ0) is 25.1. The number of hydrogen-bond donors (Lipinski definition) is 0. The van der Waals surface area contributed by atoms with E-state index in [9.17, 15) is 12.8 Å². The highest BCUT2D eigenvalue weighted by molar-refractivity contribution is 7.99. The highest BCUT2D eigenvalue weighted by Gasteiger charge is 2.31. The van der Waals surface area contributed by atoms with Gasteiger partial charge >= 0.3 is 0 Å². The van der Waals surface area contributed by atoms with Gasteiger partial charge in [0.05, 0.1) is 28.2 Å². The van der Waals surface area contributed by atoms with Crippen LogP contribution in [-0.2, 0) is 15.4 Å². The molecule has 0 radical (unpaired) electrons. The maximum atomic E-state index is 13.6. The van der Waals surface area contributed by atoms with Crippen LogP contribution in [0.4, 0.5) is 4.39 Å². The molecule has 0 bridgehead atoms. The maximum Gasteiger partial charge on any atom is 0.211 e. The van der Waals surface area contributed by atoms with Crippen molar-refractivity contribution < 1.29 is 12.8 Å². The summed E-state index contributed by atoms with van der Waals surface area (Å²) in [6.45, 7) is 8.60. The van der Waals surface area contributed by atoms with Gasteiger partial charge < -0.3 is 0 Å². The summed E-state index contributed by atoms with van der Waals surface area (Å²) >= 11 is 13.9. The van der Waals surface area contributed by atoms with Gasteiger partial charge in [0.2, 0.25) is 10.0 Å². The monoisotopic (exact) mass is 543 g/mol. The summed E-state index contributed by atoms with van der Waals surface area (Å²) in [4.78, 5) is 4.64. The number of sulfonamides is 1. The van der Waals surface area contributed by atoms with Crippen molar-refractivity contribution in [1.29, 1.82) is 0 Å². The maximum absolute atomic E-state index is 13.6. The standard InChI is InChI=1S/C24H28Cl2FN3O2S2/c1-5-19(27)7-6-11-30-22(24(2,3)18-8-9-20(25)21(26)13-18)14-28-23(30)33-16-17-10-12-29(15-17)34(4,31)32/h5-9,11,13-14,17H,1,10,12,15-16H2,2-4H3/b11-6+,19-7+. The lowest BCUT2D eigenvalue weighted by molar-refractivity contribution is 0.471. The van der Waals surface area contributed by atoms with Gasteiger partial charge in [-0.2, -0.15) is 0 Å². The molecular weight excluding hydrogens is 516 g/mol. The van der Waals surface area contributed by atoms with Gasteiger partial charge in [-0.1, -0.05) is 61.5 Å². The summed E-state index contributed by atoms with van der Waals surface area (Å²) in [5, 5.41) is 1.69. The Bertz CT molecular complexity index is 1220. The van der Waals surface area contributed by atoms with E-state index in [1.807, 2.05) is 16.7 Å². The zero-order valence-corrected chi connectivity index (χ0v) is 22.5. The minimum atomic E-state index is -3.18. The predicted molar refractivity (Wildman–Crippen MR) is 141 cm³/mol. The number of rotatable bonds is 9. The van der Waals surface area contributed by atoms with Gasteiger partial charge in [-0.15, -0.1) is 0 Å². The van der Waals surface area contributed by atoms with E-state index in [1.165, 1.54) is 16.6 Å². The lowest BCUT2D eigenvalue weighted by Crippen LogP contribution is -2.27. The molecule has 1 aromatic heterocycles. The largest absolute Gasteiger partial charge is 0.298 e. The van der Waals surface area contributed by atoms with E-state index in [1.54, 1.807) is 36.3 Å². The molecule has 2 heterocycles. The molecule has 1 fully saturated rings. The lowest BCUT2D eigenvalue weighted by atomic mass is 9.81. The van der Waals surface area contributed by atoms with E-state index in [0.717, 1.165) is 34.7 Å². The average Bonchev–Trinajstić information content (AvgIpc) is 3.41. The van der Waals surface area contributed by atoms with Crippen LogP contribution < -0.4 is 0 Å². The van der Waals surface area contributed by atoms with E-state index in [4.69, 9.17) is 23.2 Å². The van der Waals surface area contributed by atoms with Gasteiger partial charge in [0.1, 0.15) is 5.83 Å². The van der Waals surface area contributed by atoms with Gasteiger partial charge in [-0.3, -0.25) is 4.57 Å². The normalized spacial score (nSPS) is 18.2. The fourth-order valence-corrected chi connectivity index (χ4v) is 6.10. The predicted octanol–water partition coefficient (Wildman–Crippen LogP) is 6.40. The molecule has 5 nitrogen and oxygen atoms in total. The summed E-state index contributed by atoms with van der Waals surface area (Å²) in [5.41, 5.74) is 1.37. The molecule has 1 aliphatic rings. The zero-order valence-electron chi connectivity index (χ0n) is 19.3. The quantitative estimate of drug-likeness (QED) is 0.271. The Morgan fingerprint density at radius 1 is 1.35 bits per heavy atom. The lowest BCUT2D eigenvalue weighted by Gasteiger charge is -2.26. The van der Waals surface area contributed by atoms with E-state index in [2.05, 4.69) is 25.4 Å². The fourth-order valence-electron chi connectivity index (χ4n) is 3.81. The molecule has 1 unspecified atom stereocenters. The molecule has 0 saturated carbocycles. The molecular formula is C24H28Cl2FN3O2S2.